The number of amides is 1. The number of benzene rings is 1. The first-order valence-electron chi connectivity index (χ1n) is 5.76. The van der Waals surface area contributed by atoms with Gasteiger partial charge in [0.05, 0.1) is 4.88 Å². The van der Waals surface area contributed by atoms with Gasteiger partial charge in [-0.1, -0.05) is 6.07 Å². The molecule has 0 bridgehead atoms. The van der Waals surface area contributed by atoms with Crippen LogP contribution in [0.25, 0.3) is 9.40 Å². The predicted octanol–water partition coefficient (Wildman–Crippen LogP) is 3.82. The lowest BCUT2D eigenvalue weighted by atomic mass is 10.2. The minimum atomic E-state index is -0.000926. The number of carbonyl (C=O) groups is 1. The van der Waals surface area contributed by atoms with E-state index in [0.717, 1.165) is 20.0 Å². The second-order valence-corrected chi connectivity index (χ2v) is 6.25. The Morgan fingerprint density at radius 3 is 2.79 bits per heavy atom. The molecule has 0 saturated carbocycles. The summed E-state index contributed by atoms with van der Waals surface area (Å²) in [6, 6.07) is 11.3. The van der Waals surface area contributed by atoms with Gasteiger partial charge in [0, 0.05) is 27.8 Å². The fourth-order valence-corrected chi connectivity index (χ4v) is 3.97. The number of nitrogens with two attached hydrogens (primary N) is 1. The van der Waals surface area contributed by atoms with Gasteiger partial charge in [0.15, 0.2) is 0 Å². The van der Waals surface area contributed by atoms with Crippen molar-refractivity contribution in [2.24, 2.45) is 0 Å². The Labute approximate surface area is 118 Å². The van der Waals surface area contributed by atoms with Gasteiger partial charge in [0.1, 0.15) is 0 Å². The highest BCUT2D eigenvalue weighted by molar-refractivity contribution is 7.27. The monoisotopic (exact) mass is 288 g/mol. The highest BCUT2D eigenvalue weighted by atomic mass is 32.1. The fraction of sp³-hybridized carbons (Fsp3) is 0.0714. The summed E-state index contributed by atoms with van der Waals surface area (Å²) in [5.41, 5.74) is 7.21. The molecule has 0 radical (unpaired) electrons. The molecular formula is C14H12N2OS2. The molecule has 5 heteroatoms. The average Bonchev–Trinajstić information content (AvgIpc) is 2.97. The number of fused-ring (bicyclic) bond motifs is 1. The third-order valence-electron chi connectivity index (χ3n) is 2.91. The SMILES string of the molecule is CN(C(=O)c1cc2sccc2s1)c1cccc(N)c1. The predicted molar refractivity (Wildman–Crippen MR) is 83.3 cm³/mol. The zero-order chi connectivity index (χ0) is 13.4. The molecular weight excluding hydrogens is 276 g/mol. The van der Waals surface area contributed by atoms with Crippen molar-refractivity contribution in [1.29, 1.82) is 0 Å². The summed E-state index contributed by atoms with van der Waals surface area (Å²) < 4.78 is 2.32. The lowest BCUT2D eigenvalue weighted by Crippen LogP contribution is -2.25. The molecule has 0 fully saturated rings. The van der Waals surface area contributed by atoms with E-state index in [1.165, 1.54) is 11.3 Å². The minimum Gasteiger partial charge on any atom is -0.399 e. The van der Waals surface area contributed by atoms with E-state index in [4.69, 9.17) is 5.73 Å². The van der Waals surface area contributed by atoms with Crippen LogP contribution in [0.3, 0.4) is 0 Å². The molecule has 19 heavy (non-hydrogen) atoms. The topological polar surface area (TPSA) is 46.3 Å². The maximum Gasteiger partial charge on any atom is 0.268 e. The summed E-state index contributed by atoms with van der Waals surface area (Å²) in [5.74, 6) is -0.000926. The molecule has 0 unspecified atom stereocenters. The molecule has 3 aromatic rings. The van der Waals surface area contributed by atoms with Gasteiger partial charge in [-0.3, -0.25) is 4.79 Å². The lowest BCUT2D eigenvalue weighted by molar-refractivity contribution is 0.0997. The molecule has 2 heterocycles. The first-order valence-corrected chi connectivity index (χ1v) is 7.45. The second-order valence-electron chi connectivity index (χ2n) is 4.22. The van der Waals surface area contributed by atoms with Crippen LogP contribution in [0, 0.1) is 0 Å². The van der Waals surface area contributed by atoms with E-state index in [1.54, 1.807) is 29.4 Å². The van der Waals surface area contributed by atoms with Crippen molar-refractivity contribution < 1.29 is 4.79 Å². The van der Waals surface area contributed by atoms with Crippen LogP contribution in [-0.4, -0.2) is 13.0 Å². The van der Waals surface area contributed by atoms with Gasteiger partial charge in [0.25, 0.3) is 5.91 Å². The Morgan fingerprint density at radius 1 is 1.21 bits per heavy atom. The molecule has 0 saturated heterocycles. The van der Waals surface area contributed by atoms with Gasteiger partial charge in [-0.05, 0) is 35.7 Å². The molecule has 96 valence electrons. The van der Waals surface area contributed by atoms with E-state index in [1.807, 2.05) is 35.7 Å². The van der Waals surface area contributed by atoms with Gasteiger partial charge < -0.3 is 10.6 Å². The van der Waals surface area contributed by atoms with Gasteiger partial charge in [-0.2, -0.15) is 0 Å². The van der Waals surface area contributed by atoms with Crippen LogP contribution in [0.2, 0.25) is 0 Å². The number of thiophene rings is 2. The van der Waals surface area contributed by atoms with Crippen LogP contribution in [0.15, 0.2) is 41.8 Å². The number of anilines is 2. The van der Waals surface area contributed by atoms with Crippen molar-refractivity contribution in [3.8, 4) is 0 Å². The number of hydrogen-bond donors (Lipinski definition) is 1. The Morgan fingerprint density at radius 2 is 2.05 bits per heavy atom. The highest BCUT2D eigenvalue weighted by Gasteiger charge is 2.16. The van der Waals surface area contributed by atoms with E-state index >= 15 is 0 Å². The van der Waals surface area contributed by atoms with Gasteiger partial charge in [0.2, 0.25) is 0 Å². The van der Waals surface area contributed by atoms with Crippen molar-refractivity contribution in [3.05, 3.63) is 46.7 Å². The molecule has 3 rings (SSSR count). The van der Waals surface area contributed by atoms with Crippen molar-refractivity contribution in [2.75, 3.05) is 17.7 Å². The normalized spacial score (nSPS) is 10.8. The second kappa shape index (κ2) is 4.68. The molecule has 2 N–H and O–H groups in total. The smallest absolute Gasteiger partial charge is 0.268 e. The fourth-order valence-electron chi connectivity index (χ4n) is 1.89. The van der Waals surface area contributed by atoms with E-state index in [9.17, 15) is 4.79 Å². The van der Waals surface area contributed by atoms with Gasteiger partial charge >= 0.3 is 0 Å². The van der Waals surface area contributed by atoms with E-state index < -0.39 is 0 Å². The van der Waals surface area contributed by atoms with Crippen LogP contribution in [0.1, 0.15) is 9.67 Å². The number of nitrogen functional groups attached to an aromatic ring is 1. The molecule has 1 amide bonds. The zero-order valence-corrected chi connectivity index (χ0v) is 11.9. The Hall–Kier alpha value is -1.85. The molecule has 0 aliphatic heterocycles. The summed E-state index contributed by atoms with van der Waals surface area (Å²) >= 11 is 3.18. The van der Waals surface area contributed by atoms with E-state index in [0.29, 0.717) is 5.69 Å². The summed E-state index contributed by atoms with van der Waals surface area (Å²) in [5, 5.41) is 2.04. The third-order valence-corrected chi connectivity index (χ3v) is 4.99. The summed E-state index contributed by atoms with van der Waals surface area (Å²) in [6.45, 7) is 0. The quantitative estimate of drug-likeness (QED) is 0.729. The first-order chi connectivity index (χ1) is 9.15. The summed E-state index contributed by atoms with van der Waals surface area (Å²) in [7, 11) is 1.77. The molecule has 3 nitrogen and oxygen atoms in total. The first kappa shape index (κ1) is 12.2. The number of hydrogen-bond acceptors (Lipinski definition) is 4. The summed E-state index contributed by atoms with van der Waals surface area (Å²) in [4.78, 5) is 14.8. The third kappa shape index (κ3) is 2.22. The zero-order valence-electron chi connectivity index (χ0n) is 10.3. The average molecular weight is 288 g/mol. The Balaban J connectivity index is 1.93. The van der Waals surface area contributed by atoms with Gasteiger partial charge in [-0.25, -0.2) is 0 Å². The maximum atomic E-state index is 12.4. The van der Waals surface area contributed by atoms with Crippen LogP contribution in [0.5, 0.6) is 0 Å². The largest absolute Gasteiger partial charge is 0.399 e. The summed E-state index contributed by atoms with van der Waals surface area (Å²) in [6.07, 6.45) is 0. The molecule has 0 aliphatic carbocycles. The van der Waals surface area contributed by atoms with E-state index in [-0.39, 0.29) is 5.91 Å². The number of nitrogens with zero attached hydrogens (tertiary/aromatic N) is 1. The minimum absolute atomic E-state index is 0.000926. The number of rotatable bonds is 2. The number of carbonyl (C=O) groups excluding carboxylic acids is 1. The highest BCUT2D eigenvalue weighted by Crippen LogP contribution is 2.31. The van der Waals surface area contributed by atoms with Crippen molar-refractivity contribution in [2.45, 2.75) is 0 Å². The molecule has 0 spiro atoms. The molecule has 0 aliphatic rings. The molecule has 1 aromatic carbocycles. The maximum absolute atomic E-state index is 12.4. The Bertz CT molecular complexity index is 716. The lowest BCUT2D eigenvalue weighted by Gasteiger charge is -2.16. The van der Waals surface area contributed by atoms with Crippen molar-refractivity contribution in [1.82, 2.24) is 0 Å². The van der Waals surface area contributed by atoms with Gasteiger partial charge in [-0.15, -0.1) is 22.7 Å². The molecule has 0 atom stereocenters. The van der Waals surface area contributed by atoms with Crippen LogP contribution < -0.4 is 10.6 Å². The molecule has 2 aromatic heterocycles. The van der Waals surface area contributed by atoms with Crippen LogP contribution in [-0.2, 0) is 0 Å². The van der Waals surface area contributed by atoms with E-state index in [2.05, 4.69) is 0 Å². The Kier molecular flexibility index (Phi) is 3.00. The van der Waals surface area contributed by atoms with Crippen LogP contribution in [0.4, 0.5) is 11.4 Å². The van der Waals surface area contributed by atoms with Crippen molar-refractivity contribution in [3.63, 3.8) is 0 Å². The van der Waals surface area contributed by atoms with Crippen LogP contribution >= 0.6 is 22.7 Å². The van der Waals surface area contributed by atoms with Crippen molar-refractivity contribution >= 4 is 49.4 Å². The standard InChI is InChI=1S/C14H12N2OS2/c1-16(10-4-2-3-9(15)7-10)14(17)13-8-12-11(19-13)5-6-18-12/h2-8H,15H2,1H3.